The van der Waals surface area contributed by atoms with E-state index in [4.69, 9.17) is 4.74 Å². The van der Waals surface area contributed by atoms with Crippen molar-refractivity contribution in [2.75, 3.05) is 23.9 Å². The Bertz CT molecular complexity index is 373. The first-order chi connectivity index (χ1) is 8.11. The molecule has 1 aromatic heterocycles. The summed E-state index contributed by atoms with van der Waals surface area (Å²) in [5, 5.41) is 3.23. The van der Waals surface area contributed by atoms with Crippen molar-refractivity contribution >= 4 is 16.6 Å². The molecule has 1 heterocycles. The fraction of sp³-hybridized carbons (Fsp3) is 0.636. The van der Waals surface area contributed by atoms with Crippen molar-refractivity contribution in [1.29, 1.82) is 0 Å². The molecule has 2 atom stereocenters. The van der Waals surface area contributed by atoms with Gasteiger partial charge in [-0.2, -0.15) is 0 Å². The molecule has 0 aliphatic carbocycles. The van der Waals surface area contributed by atoms with Gasteiger partial charge in [0.15, 0.2) is 0 Å². The van der Waals surface area contributed by atoms with Gasteiger partial charge in [-0.05, 0) is 20.3 Å². The second-order valence-electron chi connectivity index (χ2n) is 3.79. The highest BCUT2D eigenvalue weighted by molar-refractivity contribution is 7.84. The molecule has 5 nitrogen and oxygen atoms in total. The van der Waals surface area contributed by atoms with Crippen LogP contribution < -0.4 is 10.1 Å². The lowest BCUT2D eigenvalue weighted by Crippen LogP contribution is -2.18. The Morgan fingerprint density at radius 1 is 1.53 bits per heavy atom. The summed E-state index contributed by atoms with van der Waals surface area (Å²) in [6.45, 7) is 4.53. The van der Waals surface area contributed by atoms with E-state index >= 15 is 0 Å². The normalized spacial score (nSPS) is 14.1. The number of hydrogen-bond donors (Lipinski definition) is 1. The third-order valence-corrected chi connectivity index (χ3v) is 2.98. The van der Waals surface area contributed by atoms with E-state index in [2.05, 4.69) is 15.3 Å². The summed E-state index contributed by atoms with van der Waals surface area (Å²) in [6, 6.07) is 1.99. The molecule has 0 spiro atoms. The van der Waals surface area contributed by atoms with Crippen LogP contribution in [0.15, 0.2) is 12.4 Å². The number of nitrogens with zero attached hydrogens (tertiary/aromatic N) is 2. The summed E-state index contributed by atoms with van der Waals surface area (Å²) in [5.74, 6) is 1.99. The topological polar surface area (TPSA) is 64.1 Å². The fourth-order valence-electron chi connectivity index (χ4n) is 1.31. The van der Waals surface area contributed by atoms with Crippen LogP contribution in [0.4, 0.5) is 5.82 Å². The number of rotatable bonds is 7. The Morgan fingerprint density at radius 2 is 2.29 bits per heavy atom. The van der Waals surface area contributed by atoms with E-state index in [-0.39, 0.29) is 6.04 Å². The van der Waals surface area contributed by atoms with Gasteiger partial charge in [-0.1, -0.05) is 0 Å². The molecule has 0 aliphatic rings. The third-order valence-electron chi connectivity index (χ3n) is 2.17. The molecule has 6 heteroatoms. The maximum Gasteiger partial charge on any atom is 0.218 e. The van der Waals surface area contributed by atoms with E-state index in [1.165, 1.54) is 6.33 Å². The Labute approximate surface area is 104 Å². The number of hydrogen-bond acceptors (Lipinski definition) is 5. The summed E-state index contributed by atoms with van der Waals surface area (Å²) in [5.41, 5.74) is 0. The molecule has 1 rings (SSSR count). The summed E-state index contributed by atoms with van der Waals surface area (Å²) in [4.78, 5) is 8.10. The van der Waals surface area contributed by atoms with Crippen LogP contribution >= 0.6 is 0 Å². The van der Waals surface area contributed by atoms with Crippen molar-refractivity contribution in [3.8, 4) is 5.88 Å². The molecule has 0 aromatic carbocycles. The van der Waals surface area contributed by atoms with Gasteiger partial charge in [-0.3, -0.25) is 4.21 Å². The monoisotopic (exact) mass is 257 g/mol. The number of nitrogens with one attached hydrogen (secondary N) is 1. The maximum atomic E-state index is 11.0. The highest BCUT2D eigenvalue weighted by Crippen LogP contribution is 2.12. The third kappa shape index (κ3) is 5.63. The van der Waals surface area contributed by atoms with Crippen molar-refractivity contribution < 1.29 is 8.95 Å². The molecular formula is C11H19N3O2S. The van der Waals surface area contributed by atoms with E-state index < -0.39 is 10.8 Å². The second-order valence-corrected chi connectivity index (χ2v) is 5.34. The second kappa shape index (κ2) is 7.21. The van der Waals surface area contributed by atoms with Crippen LogP contribution in [0.1, 0.15) is 20.3 Å². The molecule has 0 fully saturated rings. The summed E-state index contributed by atoms with van der Waals surface area (Å²) >= 11 is 0. The van der Waals surface area contributed by atoms with Crippen LogP contribution in [0, 0.1) is 0 Å². The van der Waals surface area contributed by atoms with Crippen molar-refractivity contribution in [3.63, 3.8) is 0 Å². The standard InChI is InChI=1S/C11H19N3O2S/c1-4-16-11-7-10(12-8-13-11)14-9(2)5-6-17(3)15/h7-9H,4-6H2,1-3H3,(H,12,13,14). The predicted molar refractivity (Wildman–Crippen MR) is 69.8 cm³/mol. The number of anilines is 1. The SMILES string of the molecule is CCOc1cc(NC(C)CCS(C)=O)ncn1. The molecule has 0 amide bonds. The van der Waals surface area contributed by atoms with E-state index in [1.54, 1.807) is 12.3 Å². The zero-order chi connectivity index (χ0) is 12.7. The van der Waals surface area contributed by atoms with Gasteiger partial charge < -0.3 is 10.1 Å². The highest BCUT2D eigenvalue weighted by Gasteiger charge is 2.05. The minimum Gasteiger partial charge on any atom is -0.478 e. The average molecular weight is 257 g/mol. The molecule has 0 bridgehead atoms. The van der Waals surface area contributed by atoms with E-state index in [0.717, 1.165) is 12.2 Å². The van der Waals surface area contributed by atoms with Gasteiger partial charge in [-0.15, -0.1) is 0 Å². The number of aromatic nitrogens is 2. The van der Waals surface area contributed by atoms with Crippen LogP contribution in [0.25, 0.3) is 0 Å². The largest absolute Gasteiger partial charge is 0.478 e. The van der Waals surface area contributed by atoms with E-state index in [9.17, 15) is 4.21 Å². The van der Waals surface area contributed by atoms with Gasteiger partial charge in [0.1, 0.15) is 12.1 Å². The summed E-state index contributed by atoms with van der Waals surface area (Å²) < 4.78 is 16.3. The van der Waals surface area contributed by atoms with Crippen LogP contribution in [-0.4, -0.2) is 38.8 Å². The van der Waals surface area contributed by atoms with Crippen molar-refractivity contribution in [1.82, 2.24) is 9.97 Å². The molecule has 0 saturated carbocycles. The van der Waals surface area contributed by atoms with Gasteiger partial charge >= 0.3 is 0 Å². The quantitative estimate of drug-likeness (QED) is 0.801. The lowest BCUT2D eigenvalue weighted by Gasteiger charge is -2.13. The van der Waals surface area contributed by atoms with Crippen LogP contribution in [0.2, 0.25) is 0 Å². The fourth-order valence-corrected chi connectivity index (χ4v) is 2.00. The molecule has 17 heavy (non-hydrogen) atoms. The Hall–Kier alpha value is -1.17. The minimum absolute atomic E-state index is 0.225. The summed E-state index contributed by atoms with van der Waals surface area (Å²) in [6.07, 6.45) is 4.03. The van der Waals surface area contributed by atoms with Crippen molar-refractivity contribution in [3.05, 3.63) is 12.4 Å². The number of ether oxygens (including phenoxy) is 1. The van der Waals surface area contributed by atoms with Gasteiger partial charge in [0.05, 0.1) is 6.61 Å². The molecule has 1 N–H and O–H groups in total. The maximum absolute atomic E-state index is 11.0. The van der Waals surface area contributed by atoms with Gasteiger partial charge in [0.25, 0.3) is 0 Å². The molecule has 0 aliphatic heterocycles. The van der Waals surface area contributed by atoms with Crippen molar-refractivity contribution in [2.45, 2.75) is 26.3 Å². The lowest BCUT2D eigenvalue weighted by atomic mass is 10.2. The first kappa shape index (κ1) is 13.9. The first-order valence-corrected chi connectivity index (χ1v) is 7.36. The first-order valence-electron chi connectivity index (χ1n) is 5.63. The van der Waals surface area contributed by atoms with E-state index in [1.807, 2.05) is 13.8 Å². The molecular weight excluding hydrogens is 238 g/mol. The molecule has 0 saturated heterocycles. The Morgan fingerprint density at radius 3 is 2.94 bits per heavy atom. The average Bonchev–Trinajstić information content (AvgIpc) is 2.27. The zero-order valence-corrected chi connectivity index (χ0v) is 11.3. The van der Waals surface area contributed by atoms with Crippen LogP contribution in [-0.2, 0) is 10.8 Å². The van der Waals surface area contributed by atoms with E-state index in [0.29, 0.717) is 18.2 Å². The van der Waals surface area contributed by atoms with Crippen LogP contribution in [0.3, 0.4) is 0 Å². The lowest BCUT2D eigenvalue weighted by molar-refractivity contribution is 0.326. The van der Waals surface area contributed by atoms with Gasteiger partial charge in [-0.25, -0.2) is 9.97 Å². The highest BCUT2D eigenvalue weighted by atomic mass is 32.2. The smallest absolute Gasteiger partial charge is 0.218 e. The zero-order valence-electron chi connectivity index (χ0n) is 10.5. The Balaban J connectivity index is 2.49. The van der Waals surface area contributed by atoms with Crippen molar-refractivity contribution in [2.24, 2.45) is 0 Å². The Kier molecular flexibility index (Phi) is 5.90. The molecule has 0 radical (unpaired) electrons. The predicted octanol–water partition coefficient (Wildman–Crippen LogP) is 1.44. The minimum atomic E-state index is -0.749. The van der Waals surface area contributed by atoms with Crippen LogP contribution in [0.5, 0.6) is 5.88 Å². The van der Waals surface area contributed by atoms with Gasteiger partial charge in [0, 0.05) is 34.9 Å². The molecule has 2 unspecified atom stereocenters. The van der Waals surface area contributed by atoms with Gasteiger partial charge in [0.2, 0.25) is 5.88 Å². The summed E-state index contributed by atoms with van der Waals surface area (Å²) in [7, 11) is -0.749. The molecule has 96 valence electrons. The molecule has 1 aromatic rings.